The van der Waals surface area contributed by atoms with Crippen LogP contribution >= 0.6 is 11.3 Å². The van der Waals surface area contributed by atoms with Gasteiger partial charge in [0.25, 0.3) is 0 Å². The second-order valence-electron chi connectivity index (χ2n) is 6.30. The lowest BCUT2D eigenvalue weighted by Gasteiger charge is -2.03. The summed E-state index contributed by atoms with van der Waals surface area (Å²) in [7, 11) is 0. The molecular formula is C18H23N3OS. The Morgan fingerprint density at radius 2 is 1.96 bits per heavy atom. The van der Waals surface area contributed by atoms with Gasteiger partial charge >= 0.3 is 0 Å². The van der Waals surface area contributed by atoms with E-state index in [-0.39, 0.29) is 6.61 Å². The molecule has 0 aliphatic carbocycles. The van der Waals surface area contributed by atoms with Crippen LogP contribution in [0.1, 0.15) is 43.5 Å². The molecule has 1 N–H and O–H groups in total. The van der Waals surface area contributed by atoms with Crippen LogP contribution in [0.15, 0.2) is 24.3 Å². The van der Waals surface area contributed by atoms with Gasteiger partial charge in [0, 0.05) is 12.0 Å². The van der Waals surface area contributed by atoms with E-state index in [0.29, 0.717) is 5.92 Å². The highest BCUT2D eigenvalue weighted by Gasteiger charge is 2.17. The van der Waals surface area contributed by atoms with Gasteiger partial charge in [0.05, 0.1) is 18.0 Å². The van der Waals surface area contributed by atoms with Crippen LogP contribution in [-0.2, 0) is 19.4 Å². The molecule has 2 aromatic heterocycles. The Hall–Kier alpha value is -1.72. The van der Waals surface area contributed by atoms with Crippen molar-refractivity contribution in [3.63, 3.8) is 0 Å². The van der Waals surface area contributed by atoms with E-state index in [2.05, 4.69) is 50.1 Å². The molecule has 0 unspecified atom stereocenters. The molecule has 5 heteroatoms. The average Bonchev–Trinajstić information content (AvgIpc) is 3.04. The number of aliphatic hydroxyl groups is 1. The molecule has 0 atom stereocenters. The van der Waals surface area contributed by atoms with Crippen molar-refractivity contribution in [3.05, 3.63) is 40.5 Å². The van der Waals surface area contributed by atoms with Crippen LogP contribution < -0.4 is 0 Å². The second kappa shape index (κ2) is 6.81. The van der Waals surface area contributed by atoms with Gasteiger partial charge in [-0.05, 0) is 17.9 Å². The number of aliphatic hydroxyl groups excluding tert-OH is 1. The molecule has 1 aromatic carbocycles. The van der Waals surface area contributed by atoms with Crippen LogP contribution in [0.25, 0.3) is 16.2 Å². The van der Waals surface area contributed by atoms with Crippen LogP contribution in [-0.4, -0.2) is 19.7 Å². The van der Waals surface area contributed by atoms with Crippen LogP contribution in [0, 0.1) is 5.92 Å². The Labute approximate surface area is 140 Å². The van der Waals surface area contributed by atoms with Crippen molar-refractivity contribution < 1.29 is 5.11 Å². The number of aromatic nitrogens is 3. The minimum Gasteiger partial charge on any atom is -0.390 e. The van der Waals surface area contributed by atoms with E-state index in [0.717, 1.165) is 46.2 Å². The smallest absolute Gasteiger partial charge is 0.213 e. The summed E-state index contributed by atoms with van der Waals surface area (Å²) in [5.41, 5.74) is 3.98. The minimum absolute atomic E-state index is 0.0575. The van der Waals surface area contributed by atoms with Gasteiger partial charge in [0.15, 0.2) is 0 Å². The van der Waals surface area contributed by atoms with E-state index in [9.17, 15) is 5.11 Å². The standard InChI is InChI=1S/C18H23N3OS/c1-4-5-13-6-8-14(9-7-13)17-15(11-22)21-18(19-17)23-16(20-21)10-12(2)3/h6-9,12,22H,4-5,10-11H2,1-3H3. The van der Waals surface area contributed by atoms with Gasteiger partial charge in [-0.25, -0.2) is 9.50 Å². The van der Waals surface area contributed by atoms with Crippen molar-refractivity contribution in [2.75, 3.05) is 0 Å². The van der Waals surface area contributed by atoms with E-state index in [1.54, 1.807) is 15.9 Å². The molecule has 3 rings (SSSR count). The Morgan fingerprint density at radius 3 is 2.57 bits per heavy atom. The Bertz CT molecular complexity index is 787. The molecule has 0 radical (unpaired) electrons. The number of aryl methyl sites for hydroxylation is 1. The molecule has 2 heterocycles. The van der Waals surface area contributed by atoms with Crippen LogP contribution in [0.2, 0.25) is 0 Å². The van der Waals surface area contributed by atoms with Gasteiger partial charge in [-0.3, -0.25) is 0 Å². The summed E-state index contributed by atoms with van der Waals surface area (Å²) in [6, 6.07) is 8.47. The first-order chi connectivity index (χ1) is 11.1. The van der Waals surface area contributed by atoms with Crippen LogP contribution in [0.5, 0.6) is 0 Å². The zero-order valence-electron chi connectivity index (χ0n) is 13.9. The fraction of sp³-hybridized carbons (Fsp3) is 0.444. The van der Waals surface area contributed by atoms with Crippen molar-refractivity contribution in [3.8, 4) is 11.3 Å². The van der Waals surface area contributed by atoms with Crippen LogP contribution in [0.3, 0.4) is 0 Å². The lowest BCUT2D eigenvalue weighted by molar-refractivity contribution is 0.275. The normalized spacial score (nSPS) is 11.7. The Balaban J connectivity index is 1.98. The first kappa shape index (κ1) is 16.1. The third-order valence-electron chi connectivity index (χ3n) is 3.84. The summed E-state index contributed by atoms with van der Waals surface area (Å²) in [6.07, 6.45) is 3.18. The molecule has 23 heavy (non-hydrogen) atoms. The fourth-order valence-electron chi connectivity index (χ4n) is 2.75. The molecule has 0 aliphatic rings. The number of hydrogen-bond acceptors (Lipinski definition) is 4. The highest BCUT2D eigenvalue weighted by Crippen LogP contribution is 2.28. The van der Waals surface area contributed by atoms with Crippen molar-refractivity contribution in [1.29, 1.82) is 0 Å². The number of hydrogen-bond donors (Lipinski definition) is 1. The molecule has 0 saturated carbocycles. The first-order valence-corrected chi connectivity index (χ1v) is 9.01. The zero-order valence-corrected chi connectivity index (χ0v) is 14.7. The maximum Gasteiger partial charge on any atom is 0.213 e. The Morgan fingerprint density at radius 1 is 1.22 bits per heavy atom. The van der Waals surface area contributed by atoms with Gasteiger partial charge < -0.3 is 5.11 Å². The lowest BCUT2D eigenvalue weighted by atomic mass is 10.1. The summed E-state index contributed by atoms with van der Waals surface area (Å²) in [4.78, 5) is 5.57. The molecule has 0 spiro atoms. The van der Waals surface area contributed by atoms with E-state index < -0.39 is 0 Å². The van der Waals surface area contributed by atoms with Gasteiger partial charge in [-0.1, -0.05) is 62.8 Å². The third kappa shape index (κ3) is 3.31. The molecule has 0 saturated heterocycles. The molecule has 3 aromatic rings. The van der Waals surface area contributed by atoms with Gasteiger partial charge in [0.1, 0.15) is 5.01 Å². The first-order valence-electron chi connectivity index (χ1n) is 8.19. The summed E-state index contributed by atoms with van der Waals surface area (Å²) in [5, 5.41) is 15.5. The van der Waals surface area contributed by atoms with E-state index in [1.165, 1.54) is 5.56 Å². The topological polar surface area (TPSA) is 50.4 Å². The monoisotopic (exact) mass is 329 g/mol. The minimum atomic E-state index is -0.0575. The van der Waals surface area contributed by atoms with Crippen molar-refractivity contribution >= 4 is 16.3 Å². The molecule has 0 bridgehead atoms. The summed E-state index contributed by atoms with van der Waals surface area (Å²) < 4.78 is 1.80. The lowest BCUT2D eigenvalue weighted by Crippen LogP contribution is -1.99. The quantitative estimate of drug-likeness (QED) is 0.740. The third-order valence-corrected chi connectivity index (χ3v) is 4.77. The van der Waals surface area contributed by atoms with E-state index in [4.69, 9.17) is 4.98 Å². The summed E-state index contributed by atoms with van der Waals surface area (Å²) in [6.45, 7) is 6.49. The fourth-order valence-corrected chi connectivity index (χ4v) is 3.88. The van der Waals surface area contributed by atoms with Crippen molar-refractivity contribution in [1.82, 2.24) is 14.6 Å². The largest absolute Gasteiger partial charge is 0.390 e. The molecular weight excluding hydrogens is 306 g/mol. The van der Waals surface area contributed by atoms with Crippen molar-refractivity contribution in [2.45, 2.75) is 46.6 Å². The predicted molar refractivity (Wildman–Crippen MR) is 94.8 cm³/mol. The number of benzene rings is 1. The summed E-state index contributed by atoms with van der Waals surface area (Å²) in [5.74, 6) is 0.564. The number of nitrogens with zero attached hydrogens (tertiary/aromatic N) is 3. The number of rotatable bonds is 6. The highest BCUT2D eigenvalue weighted by atomic mass is 32.1. The van der Waals surface area contributed by atoms with Gasteiger partial charge in [-0.2, -0.15) is 5.10 Å². The van der Waals surface area contributed by atoms with E-state index in [1.807, 2.05) is 0 Å². The number of fused-ring (bicyclic) bond motifs is 1. The predicted octanol–water partition coefficient (Wildman–Crippen LogP) is 4.10. The maximum absolute atomic E-state index is 9.80. The molecule has 4 nitrogen and oxygen atoms in total. The molecule has 0 fully saturated rings. The second-order valence-corrected chi connectivity index (χ2v) is 7.34. The van der Waals surface area contributed by atoms with Crippen LogP contribution in [0.4, 0.5) is 0 Å². The molecule has 0 aliphatic heterocycles. The Kier molecular flexibility index (Phi) is 4.78. The van der Waals surface area contributed by atoms with Gasteiger partial charge in [-0.15, -0.1) is 0 Å². The summed E-state index contributed by atoms with van der Waals surface area (Å²) >= 11 is 1.61. The zero-order chi connectivity index (χ0) is 16.4. The average molecular weight is 329 g/mol. The SMILES string of the molecule is CCCc1ccc(-c2nc3sc(CC(C)C)nn3c2CO)cc1. The maximum atomic E-state index is 9.80. The highest BCUT2D eigenvalue weighted by molar-refractivity contribution is 7.16. The van der Waals surface area contributed by atoms with E-state index >= 15 is 0 Å². The van der Waals surface area contributed by atoms with Crippen molar-refractivity contribution in [2.24, 2.45) is 5.92 Å². The van der Waals surface area contributed by atoms with Gasteiger partial charge in [0.2, 0.25) is 4.96 Å². The number of imidazole rings is 1. The molecule has 0 amide bonds. The molecule has 122 valence electrons.